The maximum Gasteiger partial charge on any atom is 0.394 e. The van der Waals surface area contributed by atoms with Gasteiger partial charge in [-0.15, -0.1) is 0 Å². The molecule has 4 N–H and O–H groups in total. The number of halogens is 3. The van der Waals surface area contributed by atoms with E-state index in [2.05, 4.69) is 0 Å². The highest BCUT2D eigenvalue weighted by atomic mass is 19.4. The fraction of sp³-hybridized carbons (Fsp3) is 0.909. The summed E-state index contributed by atoms with van der Waals surface area (Å²) in [6, 6.07) is 0.0221. The summed E-state index contributed by atoms with van der Waals surface area (Å²) in [6.45, 7) is -0.837. The Morgan fingerprint density at radius 2 is 1.89 bits per heavy atom. The van der Waals surface area contributed by atoms with Gasteiger partial charge in [-0.2, -0.15) is 13.2 Å². The van der Waals surface area contributed by atoms with Crippen molar-refractivity contribution in [3.8, 4) is 0 Å². The molecule has 1 aliphatic carbocycles. The van der Waals surface area contributed by atoms with Crippen LogP contribution < -0.4 is 11.5 Å². The van der Waals surface area contributed by atoms with E-state index in [9.17, 15) is 18.0 Å². The molecule has 0 spiro atoms. The molecular weight excluding hydrogens is 247 g/mol. The normalized spacial score (nSPS) is 19.4. The molecule has 0 aliphatic heterocycles. The van der Waals surface area contributed by atoms with Crippen LogP contribution in [0.2, 0.25) is 0 Å². The lowest BCUT2D eigenvalue weighted by Gasteiger charge is -2.31. The largest absolute Gasteiger partial charge is 0.394 e. The van der Waals surface area contributed by atoms with Crippen molar-refractivity contribution in [3.05, 3.63) is 0 Å². The Morgan fingerprint density at radius 3 is 2.28 bits per heavy atom. The maximum atomic E-state index is 12.7. The van der Waals surface area contributed by atoms with Crippen LogP contribution >= 0.6 is 0 Å². The van der Waals surface area contributed by atoms with Crippen LogP contribution in [0.3, 0.4) is 0 Å². The minimum Gasteiger partial charge on any atom is -0.369 e. The first-order valence-corrected chi connectivity index (χ1v) is 6.13. The molecule has 1 amide bonds. The molecule has 0 saturated heterocycles. The van der Waals surface area contributed by atoms with Crippen LogP contribution in [0.15, 0.2) is 0 Å². The molecule has 1 fully saturated rings. The second-order valence-electron chi connectivity index (χ2n) is 4.81. The van der Waals surface area contributed by atoms with Gasteiger partial charge in [0.2, 0.25) is 5.91 Å². The zero-order chi connectivity index (χ0) is 13.8. The van der Waals surface area contributed by atoms with Gasteiger partial charge in [0, 0.05) is 19.1 Å². The first-order chi connectivity index (χ1) is 8.34. The van der Waals surface area contributed by atoms with Gasteiger partial charge in [-0.1, -0.05) is 12.8 Å². The molecule has 0 aromatic heterocycles. The second-order valence-corrected chi connectivity index (χ2v) is 4.81. The van der Waals surface area contributed by atoms with Gasteiger partial charge in [-0.25, -0.2) is 0 Å². The van der Waals surface area contributed by atoms with Gasteiger partial charge in [0.05, 0.1) is 12.5 Å². The Balaban J connectivity index is 2.67. The number of carbonyl (C=O) groups is 1. The first kappa shape index (κ1) is 15.2. The summed E-state index contributed by atoms with van der Waals surface area (Å²) >= 11 is 0. The van der Waals surface area contributed by atoms with E-state index < -0.39 is 24.5 Å². The molecule has 0 aromatic carbocycles. The molecule has 18 heavy (non-hydrogen) atoms. The van der Waals surface area contributed by atoms with Gasteiger partial charge in [-0.05, 0) is 12.8 Å². The van der Waals surface area contributed by atoms with E-state index in [0.29, 0.717) is 0 Å². The van der Waals surface area contributed by atoms with Gasteiger partial charge in [0.15, 0.2) is 0 Å². The summed E-state index contributed by atoms with van der Waals surface area (Å²) in [7, 11) is 0. The van der Waals surface area contributed by atoms with Crippen molar-refractivity contribution in [1.29, 1.82) is 0 Å². The third kappa shape index (κ3) is 4.45. The van der Waals surface area contributed by atoms with Crippen LogP contribution in [0.5, 0.6) is 0 Å². The van der Waals surface area contributed by atoms with Crippen molar-refractivity contribution >= 4 is 5.91 Å². The van der Waals surface area contributed by atoms with E-state index in [1.54, 1.807) is 4.90 Å². The van der Waals surface area contributed by atoms with E-state index in [4.69, 9.17) is 11.5 Å². The number of nitrogens with zero attached hydrogens (tertiary/aromatic N) is 1. The van der Waals surface area contributed by atoms with Crippen LogP contribution in [-0.2, 0) is 4.79 Å². The predicted octanol–water partition coefficient (Wildman–Crippen LogP) is 0.853. The van der Waals surface area contributed by atoms with Gasteiger partial charge >= 0.3 is 6.18 Å². The highest BCUT2D eigenvalue weighted by molar-refractivity contribution is 5.75. The predicted molar refractivity (Wildman–Crippen MR) is 61.6 cm³/mol. The molecule has 0 bridgehead atoms. The standard InChI is InChI=1S/C11H20F3N3O/c12-11(13,14)8(5-15)6-17(7-10(16)18)9-3-1-2-4-9/h8-9H,1-7,15H2,(H2,16,18). The number of carbonyl (C=O) groups excluding carboxylic acids is 1. The van der Waals surface area contributed by atoms with Crippen LogP contribution in [0, 0.1) is 5.92 Å². The highest BCUT2D eigenvalue weighted by Gasteiger charge is 2.40. The second kappa shape index (κ2) is 6.38. The Morgan fingerprint density at radius 1 is 1.33 bits per heavy atom. The molecule has 7 heteroatoms. The van der Waals surface area contributed by atoms with Crippen molar-refractivity contribution in [2.75, 3.05) is 19.6 Å². The topological polar surface area (TPSA) is 72.3 Å². The Labute approximate surface area is 104 Å². The van der Waals surface area contributed by atoms with Crippen molar-refractivity contribution in [3.63, 3.8) is 0 Å². The quantitative estimate of drug-likeness (QED) is 0.749. The average Bonchev–Trinajstić information content (AvgIpc) is 2.74. The molecule has 106 valence electrons. The van der Waals surface area contributed by atoms with Gasteiger partial charge in [-0.3, -0.25) is 9.69 Å². The molecule has 1 rings (SSSR count). The first-order valence-electron chi connectivity index (χ1n) is 6.13. The fourth-order valence-electron chi connectivity index (χ4n) is 2.41. The third-order valence-corrected chi connectivity index (χ3v) is 3.40. The molecule has 0 heterocycles. The minimum absolute atomic E-state index is 0.0221. The zero-order valence-corrected chi connectivity index (χ0v) is 10.2. The molecule has 4 nitrogen and oxygen atoms in total. The van der Waals surface area contributed by atoms with E-state index in [1.165, 1.54) is 0 Å². The summed E-state index contributed by atoms with van der Waals surface area (Å²) in [5.74, 6) is -2.20. The molecule has 0 aromatic rings. The minimum atomic E-state index is -4.33. The van der Waals surface area contributed by atoms with Crippen LogP contribution in [0.25, 0.3) is 0 Å². The molecule has 1 aliphatic rings. The maximum absolute atomic E-state index is 12.7. The number of hydrogen-bond donors (Lipinski definition) is 2. The molecular formula is C11H20F3N3O. The zero-order valence-electron chi connectivity index (χ0n) is 10.2. The number of nitrogens with two attached hydrogens (primary N) is 2. The van der Waals surface area contributed by atoms with Crippen molar-refractivity contribution in [1.82, 2.24) is 4.90 Å². The lowest BCUT2D eigenvalue weighted by Crippen LogP contribution is -2.47. The summed E-state index contributed by atoms with van der Waals surface area (Å²) in [5.41, 5.74) is 10.3. The molecule has 1 unspecified atom stereocenters. The smallest absolute Gasteiger partial charge is 0.369 e. The van der Waals surface area contributed by atoms with Crippen molar-refractivity contribution < 1.29 is 18.0 Å². The summed E-state index contributed by atoms with van der Waals surface area (Å²) in [4.78, 5) is 12.5. The number of amides is 1. The molecule has 1 atom stereocenters. The lowest BCUT2D eigenvalue weighted by molar-refractivity contribution is -0.178. The monoisotopic (exact) mass is 267 g/mol. The Kier molecular flexibility index (Phi) is 5.40. The molecule has 0 radical (unpaired) electrons. The van der Waals surface area contributed by atoms with Crippen molar-refractivity contribution in [2.45, 2.75) is 37.9 Å². The average molecular weight is 267 g/mol. The van der Waals surface area contributed by atoms with E-state index in [-0.39, 0.29) is 19.1 Å². The van der Waals surface area contributed by atoms with Gasteiger partial charge in [0.1, 0.15) is 0 Å². The van der Waals surface area contributed by atoms with Crippen LogP contribution in [-0.4, -0.2) is 42.7 Å². The van der Waals surface area contributed by atoms with E-state index >= 15 is 0 Å². The molecule has 1 saturated carbocycles. The van der Waals surface area contributed by atoms with Gasteiger partial charge < -0.3 is 11.5 Å². The number of hydrogen-bond acceptors (Lipinski definition) is 3. The number of primary amides is 1. The Bertz CT molecular complexity index is 277. The van der Waals surface area contributed by atoms with E-state index in [1.807, 2.05) is 0 Å². The Hall–Kier alpha value is -0.820. The third-order valence-electron chi connectivity index (χ3n) is 3.40. The van der Waals surface area contributed by atoms with Crippen LogP contribution in [0.4, 0.5) is 13.2 Å². The SMILES string of the molecule is NCC(CN(CC(N)=O)C1CCCC1)C(F)(F)F. The fourth-order valence-corrected chi connectivity index (χ4v) is 2.41. The van der Waals surface area contributed by atoms with E-state index in [0.717, 1.165) is 25.7 Å². The highest BCUT2D eigenvalue weighted by Crippen LogP contribution is 2.29. The lowest BCUT2D eigenvalue weighted by atomic mass is 10.1. The summed E-state index contributed by atoms with van der Waals surface area (Å²) < 4.78 is 38.0. The number of alkyl halides is 3. The van der Waals surface area contributed by atoms with Crippen LogP contribution in [0.1, 0.15) is 25.7 Å². The summed E-state index contributed by atoms with van der Waals surface area (Å²) in [6.07, 6.45) is -0.716. The summed E-state index contributed by atoms with van der Waals surface area (Å²) in [5, 5.41) is 0. The number of rotatable bonds is 6. The van der Waals surface area contributed by atoms with Gasteiger partial charge in [0.25, 0.3) is 0 Å². The van der Waals surface area contributed by atoms with Crippen molar-refractivity contribution in [2.24, 2.45) is 17.4 Å².